The van der Waals surface area contributed by atoms with Crippen LogP contribution in [0.1, 0.15) is 6.42 Å². The van der Waals surface area contributed by atoms with Gasteiger partial charge in [-0.15, -0.1) is 0 Å². The van der Waals surface area contributed by atoms with Gasteiger partial charge in [0.25, 0.3) is 0 Å². The van der Waals surface area contributed by atoms with Gasteiger partial charge in [-0.05, 0) is 0 Å². The third-order valence-electron chi connectivity index (χ3n) is 1.97. The molecule has 0 bridgehead atoms. The fraction of sp³-hybridized carbons (Fsp3) is 0.444. The molecule has 1 heterocycles. The molecule has 92 valence electrons. The zero-order chi connectivity index (χ0) is 12.8. The summed E-state index contributed by atoms with van der Waals surface area (Å²) in [5.74, 6) is 0.251. The standard InChI is InChI=1S/C9H13N5O3/c1-13(2)8(15)3-4-10-9-11-5-7(6-12-9)14(16)17/h5-6H,3-4H2,1-2H3,(H,10,11,12). The van der Waals surface area contributed by atoms with E-state index in [0.717, 1.165) is 12.4 Å². The number of amides is 1. The number of hydrogen-bond acceptors (Lipinski definition) is 6. The monoisotopic (exact) mass is 239 g/mol. The first kappa shape index (κ1) is 12.8. The molecule has 0 saturated carbocycles. The summed E-state index contributed by atoms with van der Waals surface area (Å²) in [7, 11) is 3.34. The summed E-state index contributed by atoms with van der Waals surface area (Å²) in [6, 6.07) is 0. The predicted molar refractivity (Wildman–Crippen MR) is 60.5 cm³/mol. The molecule has 0 radical (unpaired) electrons. The Kier molecular flexibility index (Phi) is 4.32. The van der Waals surface area contributed by atoms with Crippen LogP contribution >= 0.6 is 0 Å². The van der Waals surface area contributed by atoms with E-state index in [1.165, 1.54) is 4.90 Å². The second-order valence-electron chi connectivity index (χ2n) is 3.49. The van der Waals surface area contributed by atoms with Crippen LogP contribution < -0.4 is 5.32 Å². The quantitative estimate of drug-likeness (QED) is 0.584. The lowest BCUT2D eigenvalue weighted by Crippen LogP contribution is -2.24. The number of anilines is 1. The molecule has 0 spiro atoms. The van der Waals surface area contributed by atoms with Crippen LogP contribution in [0.2, 0.25) is 0 Å². The summed E-state index contributed by atoms with van der Waals surface area (Å²) in [6.45, 7) is 0.384. The summed E-state index contributed by atoms with van der Waals surface area (Å²) in [6.07, 6.45) is 2.54. The summed E-state index contributed by atoms with van der Waals surface area (Å²) < 4.78 is 0. The maximum atomic E-state index is 11.2. The first-order valence-electron chi connectivity index (χ1n) is 4.91. The number of carbonyl (C=O) groups is 1. The van der Waals surface area contributed by atoms with E-state index in [2.05, 4.69) is 15.3 Å². The van der Waals surface area contributed by atoms with Gasteiger partial charge in [-0.25, -0.2) is 9.97 Å². The van der Waals surface area contributed by atoms with E-state index in [-0.39, 0.29) is 17.5 Å². The van der Waals surface area contributed by atoms with Crippen LogP contribution in [-0.2, 0) is 4.79 Å². The van der Waals surface area contributed by atoms with Crippen molar-refractivity contribution in [2.24, 2.45) is 0 Å². The van der Waals surface area contributed by atoms with E-state index in [1.807, 2.05) is 0 Å². The topological polar surface area (TPSA) is 101 Å². The summed E-state index contributed by atoms with van der Waals surface area (Å²) in [5.41, 5.74) is -0.167. The van der Waals surface area contributed by atoms with Crippen molar-refractivity contribution in [3.63, 3.8) is 0 Å². The Morgan fingerprint density at radius 2 is 2.06 bits per heavy atom. The van der Waals surface area contributed by atoms with Gasteiger partial charge in [0.2, 0.25) is 11.9 Å². The van der Waals surface area contributed by atoms with Gasteiger partial charge in [0.05, 0.1) is 4.92 Å². The Balaban J connectivity index is 2.42. The Hall–Kier alpha value is -2.25. The summed E-state index contributed by atoms with van der Waals surface area (Å²) >= 11 is 0. The Morgan fingerprint density at radius 3 is 2.53 bits per heavy atom. The zero-order valence-electron chi connectivity index (χ0n) is 9.58. The van der Waals surface area contributed by atoms with Gasteiger partial charge in [-0.2, -0.15) is 0 Å². The van der Waals surface area contributed by atoms with Crippen LogP contribution in [0.5, 0.6) is 0 Å². The maximum absolute atomic E-state index is 11.2. The molecule has 1 aromatic rings. The average Bonchev–Trinajstić information content (AvgIpc) is 2.29. The van der Waals surface area contributed by atoms with Crippen LogP contribution in [0.4, 0.5) is 11.6 Å². The molecule has 1 aromatic heterocycles. The van der Waals surface area contributed by atoms with Gasteiger partial charge in [-0.3, -0.25) is 14.9 Å². The van der Waals surface area contributed by atoms with Crippen molar-refractivity contribution < 1.29 is 9.72 Å². The third-order valence-corrected chi connectivity index (χ3v) is 1.97. The molecule has 8 heteroatoms. The summed E-state index contributed by atoms with van der Waals surface area (Å²) in [5, 5.41) is 13.1. The maximum Gasteiger partial charge on any atom is 0.305 e. The number of hydrogen-bond donors (Lipinski definition) is 1. The number of rotatable bonds is 5. The summed E-state index contributed by atoms with van der Waals surface area (Å²) in [4.78, 5) is 30.0. The van der Waals surface area contributed by atoms with Crippen LogP contribution in [0.15, 0.2) is 12.4 Å². The van der Waals surface area contributed by atoms with Crippen LogP contribution in [0.3, 0.4) is 0 Å². The molecule has 1 N–H and O–H groups in total. The van der Waals surface area contributed by atoms with Gasteiger partial charge < -0.3 is 10.2 Å². The van der Waals surface area contributed by atoms with E-state index in [0.29, 0.717) is 13.0 Å². The Morgan fingerprint density at radius 1 is 1.47 bits per heavy atom. The number of nitrogens with zero attached hydrogens (tertiary/aromatic N) is 4. The number of aromatic nitrogens is 2. The van der Waals surface area contributed by atoms with Gasteiger partial charge >= 0.3 is 5.69 Å². The fourth-order valence-electron chi connectivity index (χ4n) is 1.01. The van der Waals surface area contributed by atoms with Gasteiger partial charge in [0.15, 0.2) is 0 Å². The van der Waals surface area contributed by atoms with Crippen molar-refractivity contribution in [2.45, 2.75) is 6.42 Å². The largest absolute Gasteiger partial charge is 0.354 e. The highest BCUT2D eigenvalue weighted by Gasteiger charge is 2.07. The fourth-order valence-corrected chi connectivity index (χ4v) is 1.01. The lowest BCUT2D eigenvalue weighted by molar-refractivity contribution is -0.385. The molecule has 0 aliphatic carbocycles. The molecule has 1 rings (SSSR count). The molecule has 17 heavy (non-hydrogen) atoms. The van der Waals surface area contributed by atoms with Crippen molar-refractivity contribution in [1.82, 2.24) is 14.9 Å². The molecule has 1 amide bonds. The lowest BCUT2D eigenvalue weighted by atomic mass is 10.4. The molecule has 0 saturated heterocycles. The molecule has 8 nitrogen and oxygen atoms in total. The van der Waals surface area contributed by atoms with Crippen molar-refractivity contribution >= 4 is 17.5 Å². The first-order valence-corrected chi connectivity index (χ1v) is 4.91. The molecule has 0 aliphatic heterocycles. The van der Waals surface area contributed by atoms with Gasteiger partial charge in [0.1, 0.15) is 12.4 Å². The van der Waals surface area contributed by atoms with E-state index >= 15 is 0 Å². The second kappa shape index (κ2) is 5.73. The van der Waals surface area contributed by atoms with Crippen LogP contribution in [0, 0.1) is 10.1 Å². The van der Waals surface area contributed by atoms with Crippen molar-refractivity contribution in [3.8, 4) is 0 Å². The van der Waals surface area contributed by atoms with E-state index in [4.69, 9.17) is 0 Å². The predicted octanol–water partition coefficient (Wildman–Crippen LogP) is 0.275. The Bertz CT molecular complexity index is 404. The van der Waals surface area contributed by atoms with Gasteiger partial charge in [0, 0.05) is 27.1 Å². The molecular weight excluding hydrogens is 226 g/mol. The van der Waals surface area contributed by atoms with E-state index < -0.39 is 4.92 Å². The van der Waals surface area contributed by atoms with Crippen LogP contribution in [0.25, 0.3) is 0 Å². The number of nitrogens with one attached hydrogen (secondary N) is 1. The minimum atomic E-state index is -0.570. The van der Waals surface area contributed by atoms with Gasteiger partial charge in [-0.1, -0.05) is 0 Å². The zero-order valence-corrected chi connectivity index (χ0v) is 9.58. The number of carbonyl (C=O) groups excluding carboxylic acids is 1. The minimum Gasteiger partial charge on any atom is -0.354 e. The average molecular weight is 239 g/mol. The highest BCUT2D eigenvalue weighted by molar-refractivity contribution is 5.75. The second-order valence-corrected chi connectivity index (χ2v) is 3.49. The first-order chi connectivity index (χ1) is 8.00. The molecular formula is C9H13N5O3. The lowest BCUT2D eigenvalue weighted by Gasteiger charge is -2.10. The molecule has 0 aliphatic rings. The molecule has 0 unspecified atom stereocenters. The van der Waals surface area contributed by atoms with Crippen LogP contribution in [-0.4, -0.2) is 46.3 Å². The SMILES string of the molecule is CN(C)C(=O)CCNc1ncc([N+](=O)[O-])cn1. The Labute approximate surface area is 97.8 Å². The normalized spacial score (nSPS) is 9.76. The highest BCUT2D eigenvalue weighted by Crippen LogP contribution is 2.07. The van der Waals surface area contributed by atoms with Crippen molar-refractivity contribution in [3.05, 3.63) is 22.5 Å². The third kappa shape index (κ3) is 4.01. The highest BCUT2D eigenvalue weighted by atomic mass is 16.6. The van der Waals surface area contributed by atoms with E-state index in [1.54, 1.807) is 14.1 Å². The molecule has 0 aromatic carbocycles. The van der Waals surface area contributed by atoms with Crippen molar-refractivity contribution in [2.75, 3.05) is 26.0 Å². The minimum absolute atomic E-state index is 0.0144. The molecule has 0 atom stereocenters. The molecule has 0 fully saturated rings. The van der Waals surface area contributed by atoms with Crippen molar-refractivity contribution in [1.29, 1.82) is 0 Å². The smallest absolute Gasteiger partial charge is 0.305 e. The van der Waals surface area contributed by atoms with E-state index in [9.17, 15) is 14.9 Å². The number of nitro groups is 1.